The van der Waals surface area contributed by atoms with Crippen molar-refractivity contribution in [2.24, 2.45) is 0 Å². The highest BCUT2D eigenvalue weighted by Crippen LogP contribution is 2.43. The molecule has 3 unspecified atom stereocenters. The molecule has 12 heteroatoms. The van der Waals surface area contributed by atoms with Crippen molar-refractivity contribution < 1.29 is 52.2 Å². The Morgan fingerprint density at radius 2 is 0.684 bits per heavy atom. The van der Waals surface area contributed by atoms with Crippen molar-refractivity contribution in [3.63, 3.8) is 0 Å². The summed E-state index contributed by atoms with van der Waals surface area (Å²) in [7, 11) is -4.76. The molecule has 0 bridgehead atoms. The molecule has 0 rings (SSSR count). The highest BCUT2D eigenvalue weighted by Gasteiger charge is 2.28. The molecule has 0 saturated heterocycles. The van der Waals surface area contributed by atoms with Crippen LogP contribution in [0.1, 0.15) is 303 Å². The summed E-state index contributed by atoms with van der Waals surface area (Å²) in [5.74, 6) is -1.54. The van der Waals surface area contributed by atoms with E-state index in [9.17, 15) is 28.9 Å². The molecule has 0 radical (unpaired) electrons. The normalized spacial score (nSPS) is 13.6. The molecule has 11 nitrogen and oxygen atoms in total. The molecule has 0 spiro atoms. The Labute approximate surface area is 466 Å². The van der Waals surface area contributed by atoms with Gasteiger partial charge in [0.2, 0.25) is 0 Å². The van der Waals surface area contributed by atoms with Gasteiger partial charge >= 0.3 is 25.7 Å². The third-order valence-electron chi connectivity index (χ3n) is 13.8. The summed E-state index contributed by atoms with van der Waals surface area (Å²) < 4.78 is 39.6. The summed E-state index contributed by atoms with van der Waals surface area (Å²) in [6.07, 6.45) is 63.8. The molecule has 3 atom stereocenters. The molecule has 0 aromatic carbocycles. The maximum atomic E-state index is 12.9. The number of phosphoric ester groups is 1. The molecular formula is C64H117O11P. The van der Waals surface area contributed by atoms with Gasteiger partial charge < -0.3 is 24.2 Å². The number of carbonyl (C=O) groups is 3. The van der Waals surface area contributed by atoms with Gasteiger partial charge in [-0.05, 0) is 44.9 Å². The summed E-state index contributed by atoms with van der Waals surface area (Å²) in [5.41, 5.74) is 0. The third-order valence-corrected chi connectivity index (χ3v) is 14.7. The molecule has 0 aliphatic carbocycles. The SMILES string of the molecule is CC/C=C\C/C=C\C/C=C\C/C=C\CCC(=O)OCC(COP(=O)(O)OCC(CO)OC(=O)CCCCCCCCCCCCCCCCCCC)OC(=O)CCCCCCCCCCCCCCCCCCCCC. The fourth-order valence-electron chi connectivity index (χ4n) is 9.02. The quantitative estimate of drug-likeness (QED) is 0.0197. The highest BCUT2D eigenvalue weighted by atomic mass is 31.2. The van der Waals surface area contributed by atoms with Gasteiger partial charge in [-0.2, -0.15) is 0 Å². The van der Waals surface area contributed by atoms with E-state index in [2.05, 4.69) is 57.2 Å². The second-order valence-corrected chi connectivity index (χ2v) is 22.7. The summed E-state index contributed by atoms with van der Waals surface area (Å²) >= 11 is 0. The summed E-state index contributed by atoms with van der Waals surface area (Å²) in [5, 5.41) is 9.84. The zero-order valence-corrected chi connectivity index (χ0v) is 50.1. The van der Waals surface area contributed by atoms with Crippen molar-refractivity contribution in [2.45, 2.75) is 315 Å². The maximum absolute atomic E-state index is 12.9. The monoisotopic (exact) mass is 1090 g/mol. The molecule has 0 aromatic heterocycles. The Kier molecular flexibility index (Phi) is 56.6. The predicted octanol–water partition coefficient (Wildman–Crippen LogP) is 18.9. The molecule has 0 amide bonds. The maximum Gasteiger partial charge on any atom is 0.472 e. The van der Waals surface area contributed by atoms with Gasteiger partial charge in [0.15, 0.2) is 6.10 Å². The first kappa shape index (κ1) is 73.4. The zero-order chi connectivity index (χ0) is 55.5. The van der Waals surface area contributed by atoms with Crippen LogP contribution in [0.25, 0.3) is 0 Å². The molecular weight excluding hydrogens is 976 g/mol. The number of unbranched alkanes of at least 4 members (excludes halogenated alkanes) is 34. The van der Waals surface area contributed by atoms with E-state index in [0.29, 0.717) is 19.3 Å². The molecule has 0 fully saturated rings. The third kappa shape index (κ3) is 56.2. The Morgan fingerprint density at radius 3 is 1.03 bits per heavy atom. The van der Waals surface area contributed by atoms with Crippen molar-refractivity contribution in [2.75, 3.05) is 26.4 Å². The van der Waals surface area contributed by atoms with Crippen molar-refractivity contribution in [1.82, 2.24) is 0 Å². The number of esters is 3. The number of allylic oxidation sites excluding steroid dienone is 8. The smallest absolute Gasteiger partial charge is 0.462 e. The average Bonchev–Trinajstić information content (AvgIpc) is 3.41. The van der Waals surface area contributed by atoms with Crippen LogP contribution in [0.3, 0.4) is 0 Å². The van der Waals surface area contributed by atoms with Crippen molar-refractivity contribution >= 4 is 25.7 Å². The summed E-state index contributed by atoms with van der Waals surface area (Å²) in [4.78, 5) is 48.6. The van der Waals surface area contributed by atoms with Gasteiger partial charge in [0.1, 0.15) is 12.7 Å². The number of aliphatic hydroxyl groups is 1. The lowest BCUT2D eigenvalue weighted by molar-refractivity contribution is -0.161. The van der Waals surface area contributed by atoms with Gasteiger partial charge in [-0.15, -0.1) is 0 Å². The van der Waals surface area contributed by atoms with Crippen LogP contribution in [0.15, 0.2) is 48.6 Å². The minimum Gasteiger partial charge on any atom is -0.462 e. The summed E-state index contributed by atoms with van der Waals surface area (Å²) in [6, 6.07) is 0. The standard InChI is InChI=1S/C64H117O11P/c1-4-7-10-13-16-19-22-25-27-29-30-32-34-37-40-43-46-49-52-55-64(68)75-61(57-71-62(66)53-50-47-44-41-38-35-24-21-18-15-12-9-6-3)59-73-76(69,70)72-58-60(56-65)74-63(67)54-51-48-45-42-39-36-33-31-28-26-23-20-17-14-11-8-5-2/h9,12,18,21,35,38,44,47,60-61,65H,4-8,10-11,13-17,19-20,22-34,36-37,39-43,45-46,48-59H2,1-3H3,(H,69,70)/b12-9-,21-18-,38-35-,47-44-. The lowest BCUT2D eigenvalue weighted by atomic mass is 10.0. The van der Waals surface area contributed by atoms with Crippen molar-refractivity contribution in [3.05, 3.63) is 48.6 Å². The van der Waals surface area contributed by atoms with Crippen LogP contribution in [0.5, 0.6) is 0 Å². The molecule has 444 valence electrons. The van der Waals surface area contributed by atoms with Crippen molar-refractivity contribution in [3.8, 4) is 0 Å². The minimum atomic E-state index is -4.76. The fraction of sp³-hybridized carbons (Fsp3) is 0.828. The molecule has 2 N–H and O–H groups in total. The first-order chi connectivity index (χ1) is 37.2. The average molecular weight is 1090 g/mol. The van der Waals surface area contributed by atoms with E-state index in [0.717, 1.165) is 64.2 Å². The molecule has 0 heterocycles. The first-order valence-corrected chi connectivity index (χ1v) is 33.0. The van der Waals surface area contributed by atoms with Crippen LogP contribution >= 0.6 is 7.82 Å². The molecule has 0 aromatic rings. The number of ether oxygens (including phenoxy) is 3. The van der Waals surface area contributed by atoms with E-state index in [4.69, 9.17) is 23.3 Å². The van der Waals surface area contributed by atoms with Gasteiger partial charge in [0.25, 0.3) is 0 Å². The Balaban J connectivity index is 4.67. The fourth-order valence-corrected chi connectivity index (χ4v) is 9.80. The van der Waals surface area contributed by atoms with Gasteiger partial charge in [-0.3, -0.25) is 23.4 Å². The highest BCUT2D eigenvalue weighted by molar-refractivity contribution is 7.47. The first-order valence-electron chi connectivity index (χ1n) is 31.5. The van der Waals surface area contributed by atoms with E-state index < -0.39 is 57.8 Å². The molecule has 76 heavy (non-hydrogen) atoms. The van der Waals surface area contributed by atoms with Crippen LogP contribution in [-0.2, 0) is 42.2 Å². The minimum absolute atomic E-state index is 0.109. The van der Waals surface area contributed by atoms with Crippen LogP contribution in [0.4, 0.5) is 0 Å². The van der Waals surface area contributed by atoms with E-state index in [1.807, 2.05) is 12.2 Å². The lowest BCUT2D eigenvalue weighted by Gasteiger charge is -2.21. The summed E-state index contributed by atoms with van der Waals surface area (Å²) in [6.45, 7) is 4.52. The topological polar surface area (TPSA) is 155 Å². The van der Waals surface area contributed by atoms with Crippen LogP contribution in [0, 0.1) is 0 Å². The van der Waals surface area contributed by atoms with Crippen molar-refractivity contribution in [1.29, 1.82) is 0 Å². The van der Waals surface area contributed by atoms with E-state index in [1.54, 1.807) is 0 Å². The number of hydrogen-bond acceptors (Lipinski definition) is 10. The van der Waals surface area contributed by atoms with Gasteiger partial charge in [-0.25, -0.2) is 4.57 Å². The number of phosphoric acid groups is 1. The van der Waals surface area contributed by atoms with Gasteiger partial charge in [-0.1, -0.05) is 288 Å². The second kappa shape index (κ2) is 58.6. The molecule has 0 aliphatic heterocycles. The van der Waals surface area contributed by atoms with E-state index in [1.165, 1.54) is 180 Å². The van der Waals surface area contributed by atoms with E-state index in [-0.39, 0.29) is 25.9 Å². The van der Waals surface area contributed by atoms with E-state index >= 15 is 0 Å². The van der Waals surface area contributed by atoms with Gasteiger partial charge in [0.05, 0.1) is 19.8 Å². The van der Waals surface area contributed by atoms with Crippen LogP contribution in [0.2, 0.25) is 0 Å². The number of rotatable bonds is 59. The lowest BCUT2D eigenvalue weighted by Crippen LogP contribution is -2.30. The zero-order valence-electron chi connectivity index (χ0n) is 49.2. The molecule has 0 aliphatic rings. The predicted molar refractivity (Wildman–Crippen MR) is 316 cm³/mol. The Bertz CT molecular complexity index is 1460. The Hall–Kier alpha value is -2.56. The van der Waals surface area contributed by atoms with Crippen LogP contribution in [-0.4, -0.2) is 66.5 Å². The second-order valence-electron chi connectivity index (χ2n) is 21.2. The number of carbonyl (C=O) groups excluding carboxylic acids is 3. The number of aliphatic hydroxyl groups excluding tert-OH is 1. The van der Waals surface area contributed by atoms with Crippen LogP contribution < -0.4 is 0 Å². The Morgan fingerprint density at radius 1 is 0.382 bits per heavy atom. The largest absolute Gasteiger partial charge is 0.472 e. The molecule has 0 saturated carbocycles. The number of hydrogen-bond donors (Lipinski definition) is 2. The van der Waals surface area contributed by atoms with Gasteiger partial charge in [0, 0.05) is 19.3 Å².